The molecule has 0 unspecified atom stereocenters. The monoisotopic (exact) mass is 448 g/mol. The van der Waals surface area contributed by atoms with Gasteiger partial charge in [0.2, 0.25) is 5.91 Å². The minimum absolute atomic E-state index is 0.00957. The van der Waals surface area contributed by atoms with Crippen molar-refractivity contribution in [2.24, 2.45) is 5.92 Å². The van der Waals surface area contributed by atoms with E-state index in [9.17, 15) is 9.59 Å². The Morgan fingerprint density at radius 3 is 2.33 bits per heavy atom. The molecule has 5 nitrogen and oxygen atoms in total. The molecular weight excluding hydrogens is 412 g/mol. The van der Waals surface area contributed by atoms with Gasteiger partial charge in [0, 0.05) is 26.1 Å². The standard InChI is InChI=1S/C28H36N2O3/c1-29-18-9-2-3-10-19-30(27(31)23-14-11-15-23)24(20-22-12-5-4-6-13-22)21-33-26-17-8-7-16-25(26)28(29)32/h4-8,12-13,16-17,23-24H,2-3,9-11,14-15,18-21H2,1H3/t24-/m0/s1. The zero-order chi connectivity index (χ0) is 23.0. The van der Waals surface area contributed by atoms with Gasteiger partial charge in [0.15, 0.2) is 0 Å². The number of hydrogen-bond donors (Lipinski definition) is 0. The van der Waals surface area contributed by atoms with Crippen LogP contribution >= 0.6 is 0 Å². The summed E-state index contributed by atoms with van der Waals surface area (Å²) >= 11 is 0. The number of fused-ring (bicyclic) bond motifs is 1. The predicted molar refractivity (Wildman–Crippen MR) is 130 cm³/mol. The minimum Gasteiger partial charge on any atom is -0.491 e. The molecule has 2 aliphatic rings. The second-order valence-electron chi connectivity index (χ2n) is 9.45. The van der Waals surface area contributed by atoms with E-state index in [1.807, 2.05) is 49.5 Å². The molecule has 1 atom stereocenters. The summed E-state index contributed by atoms with van der Waals surface area (Å²) in [5.74, 6) is 1.02. The molecule has 1 saturated carbocycles. The van der Waals surface area contributed by atoms with E-state index in [1.54, 1.807) is 4.90 Å². The third-order valence-corrected chi connectivity index (χ3v) is 7.03. The van der Waals surface area contributed by atoms with Crippen LogP contribution < -0.4 is 4.74 Å². The fourth-order valence-corrected chi connectivity index (χ4v) is 4.75. The summed E-state index contributed by atoms with van der Waals surface area (Å²) in [5.41, 5.74) is 1.79. The van der Waals surface area contributed by atoms with Gasteiger partial charge in [-0.05, 0) is 49.8 Å². The van der Waals surface area contributed by atoms with Gasteiger partial charge in [0.25, 0.3) is 5.91 Å². The molecule has 5 heteroatoms. The van der Waals surface area contributed by atoms with E-state index in [0.717, 1.165) is 64.5 Å². The first kappa shape index (κ1) is 23.3. The van der Waals surface area contributed by atoms with Crippen LogP contribution in [0.5, 0.6) is 5.75 Å². The number of amides is 2. The molecule has 4 rings (SSSR count). The molecule has 176 valence electrons. The molecule has 33 heavy (non-hydrogen) atoms. The first-order valence-corrected chi connectivity index (χ1v) is 12.4. The Morgan fingerprint density at radius 1 is 0.909 bits per heavy atom. The molecule has 2 aromatic rings. The summed E-state index contributed by atoms with van der Waals surface area (Å²) in [6.45, 7) is 1.88. The summed E-state index contributed by atoms with van der Waals surface area (Å²) in [7, 11) is 1.86. The number of carbonyl (C=O) groups excluding carboxylic acids is 2. The lowest BCUT2D eigenvalue weighted by Gasteiger charge is -2.37. The lowest BCUT2D eigenvalue weighted by atomic mass is 9.83. The quantitative estimate of drug-likeness (QED) is 0.667. The first-order chi connectivity index (χ1) is 16.1. The Balaban J connectivity index is 1.62. The van der Waals surface area contributed by atoms with Gasteiger partial charge < -0.3 is 14.5 Å². The largest absolute Gasteiger partial charge is 0.491 e. The van der Waals surface area contributed by atoms with Gasteiger partial charge in [-0.15, -0.1) is 0 Å². The average Bonchev–Trinajstić information content (AvgIpc) is 2.80. The number of ether oxygens (including phenoxy) is 1. The smallest absolute Gasteiger partial charge is 0.257 e. The van der Waals surface area contributed by atoms with Crippen LogP contribution in [0.15, 0.2) is 54.6 Å². The van der Waals surface area contributed by atoms with Gasteiger partial charge in [0.1, 0.15) is 12.4 Å². The average molecular weight is 449 g/mol. The molecule has 0 N–H and O–H groups in total. The summed E-state index contributed by atoms with van der Waals surface area (Å²) < 4.78 is 6.31. The Labute approximate surface area is 197 Å². The number of rotatable bonds is 3. The number of para-hydroxylation sites is 1. The number of benzene rings is 2. The lowest BCUT2D eigenvalue weighted by molar-refractivity contribution is -0.141. The van der Waals surface area contributed by atoms with Gasteiger partial charge in [0.05, 0.1) is 11.6 Å². The molecule has 0 spiro atoms. The Kier molecular flexibility index (Phi) is 8.03. The normalized spacial score (nSPS) is 20.9. The fraction of sp³-hybridized carbons (Fsp3) is 0.500. The topological polar surface area (TPSA) is 49.9 Å². The maximum atomic E-state index is 13.5. The zero-order valence-corrected chi connectivity index (χ0v) is 19.7. The fourth-order valence-electron chi connectivity index (χ4n) is 4.75. The van der Waals surface area contributed by atoms with Crippen LogP contribution in [-0.2, 0) is 11.2 Å². The van der Waals surface area contributed by atoms with Crippen molar-refractivity contribution >= 4 is 11.8 Å². The van der Waals surface area contributed by atoms with E-state index in [0.29, 0.717) is 17.9 Å². The molecule has 1 fully saturated rings. The Morgan fingerprint density at radius 2 is 1.61 bits per heavy atom. The van der Waals surface area contributed by atoms with Crippen LogP contribution in [0.2, 0.25) is 0 Å². The van der Waals surface area contributed by atoms with Crippen LogP contribution in [0, 0.1) is 5.92 Å². The SMILES string of the molecule is CN1CCCCCCN(C(=O)C2CCC2)[C@@H](Cc2ccccc2)COc2ccccc2C1=O. The first-order valence-electron chi connectivity index (χ1n) is 12.4. The summed E-state index contributed by atoms with van der Waals surface area (Å²) in [5, 5.41) is 0. The van der Waals surface area contributed by atoms with Gasteiger partial charge in [-0.3, -0.25) is 9.59 Å². The molecule has 1 heterocycles. The van der Waals surface area contributed by atoms with Gasteiger partial charge in [-0.25, -0.2) is 0 Å². The van der Waals surface area contributed by atoms with Gasteiger partial charge in [-0.2, -0.15) is 0 Å². The molecule has 2 amide bonds. The van der Waals surface area contributed by atoms with E-state index in [2.05, 4.69) is 17.0 Å². The molecule has 0 saturated heterocycles. The van der Waals surface area contributed by atoms with Crippen molar-refractivity contribution in [2.75, 3.05) is 26.7 Å². The van der Waals surface area contributed by atoms with Crippen molar-refractivity contribution in [3.63, 3.8) is 0 Å². The molecule has 2 aromatic carbocycles. The predicted octanol–water partition coefficient (Wildman–Crippen LogP) is 4.95. The van der Waals surface area contributed by atoms with Crippen LogP contribution in [0.1, 0.15) is 60.9 Å². The van der Waals surface area contributed by atoms with Crippen molar-refractivity contribution in [1.82, 2.24) is 9.80 Å². The second-order valence-corrected chi connectivity index (χ2v) is 9.45. The van der Waals surface area contributed by atoms with Crippen molar-refractivity contribution in [1.29, 1.82) is 0 Å². The highest BCUT2D eigenvalue weighted by atomic mass is 16.5. The maximum absolute atomic E-state index is 13.5. The summed E-state index contributed by atoms with van der Waals surface area (Å²) in [4.78, 5) is 30.4. The lowest BCUT2D eigenvalue weighted by Crippen LogP contribution is -2.49. The van der Waals surface area contributed by atoms with Crippen LogP contribution in [-0.4, -0.2) is 54.4 Å². The number of nitrogens with zero attached hydrogens (tertiary/aromatic N) is 2. The maximum Gasteiger partial charge on any atom is 0.257 e. The van der Waals surface area contributed by atoms with Gasteiger partial charge in [-0.1, -0.05) is 61.7 Å². The Hall–Kier alpha value is -2.82. The van der Waals surface area contributed by atoms with Crippen LogP contribution in [0.25, 0.3) is 0 Å². The Bertz CT molecular complexity index is 926. The van der Waals surface area contributed by atoms with E-state index < -0.39 is 0 Å². The molecule has 1 aliphatic heterocycles. The van der Waals surface area contributed by atoms with Crippen LogP contribution in [0.4, 0.5) is 0 Å². The minimum atomic E-state index is -0.0654. The van der Waals surface area contributed by atoms with Crippen molar-refractivity contribution in [3.8, 4) is 5.75 Å². The van der Waals surface area contributed by atoms with Crippen molar-refractivity contribution in [3.05, 3.63) is 65.7 Å². The zero-order valence-electron chi connectivity index (χ0n) is 19.7. The third kappa shape index (κ3) is 5.95. The van der Waals surface area contributed by atoms with E-state index >= 15 is 0 Å². The second kappa shape index (κ2) is 11.4. The molecule has 0 aromatic heterocycles. The van der Waals surface area contributed by atoms with E-state index in [4.69, 9.17) is 4.74 Å². The number of carbonyl (C=O) groups is 2. The number of hydrogen-bond acceptors (Lipinski definition) is 3. The molecule has 0 radical (unpaired) electrons. The summed E-state index contributed by atoms with van der Waals surface area (Å²) in [6, 6.07) is 17.8. The van der Waals surface area contributed by atoms with Gasteiger partial charge >= 0.3 is 0 Å². The highest BCUT2D eigenvalue weighted by Gasteiger charge is 2.33. The van der Waals surface area contributed by atoms with E-state index in [-0.39, 0.29) is 23.8 Å². The third-order valence-electron chi connectivity index (χ3n) is 7.03. The van der Waals surface area contributed by atoms with E-state index in [1.165, 1.54) is 5.56 Å². The van der Waals surface area contributed by atoms with Crippen molar-refractivity contribution < 1.29 is 14.3 Å². The van der Waals surface area contributed by atoms with Crippen LogP contribution in [0.3, 0.4) is 0 Å². The summed E-state index contributed by atoms with van der Waals surface area (Å²) in [6.07, 6.45) is 7.96. The van der Waals surface area contributed by atoms with Crippen molar-refractivity contribution in [2.45, 2.75) is 57.4 Å². The highest BCUT2D eigenvalue weighted by molar-refractivity contribution is 5.96. The molecular formula is C28H36N2O3. The molecule has 0 bridgehead atoms. The molecule has 1 aliphatic carbocycles. The highest BCUT2D eigenvalue weighted by Crippen LogP contribution is 2.30.